The maximum Gasteiger partial charge on any atom is 0.274 e. The van der Waals surface area contributed by atoms with Gasteiger partial charge in [-0.3, -0.25) is 4.79 Å². The molecule has 0 bridgehead atoms. The zero-order valence-electron chi connectivity index (χ0n) is 10.0. The van der Waals surface area contributed by atoms with Crippen LogP contribution in [0.5, 0.6) is 0 Å². The first-order valence-corrected chi connectivity index (χ1v) is 5.71. The van der Waals surface area contributed by atoms with Crippen molar-refractivity contribution in [3.8, 4) is 0 Å². The smallest absolute Gasteiger partial charge is 0.274 e. The van der Waals surface area contributed by atoms with Crippen LogP contribution in [-0.4, -0.2) is 39.5 Å². The molecular formula is C11H19ClN4O. The summed E-state index contributed by atoms with van der Waals surface area (Å²) in [7, 11) is 1.86. The van der Waals surface area contributed by atoms with Crippen LogP contribution in [0.3, 0.4) is 0 Å². The van der Waals surface area contributed by atoms with Gasteiger partial charge in [0, 0.05) is 32.4 Å². The molecule has 1 aliphatic rings. The van der Waals surface area contributed by atoms with Crippen molar-refractivity contribution in [3.63, 3.8) is 0 Å². The fourth-order valence-electron chi connectivity index (χ4n) is 2.18. The molecule has 1 atom stereocenters. The molecule has 2 heterocycles. The number of piperidine rings is 1. The number of imidazole rings is 1. The summed E-state index contributed by atoms with van der Waals surface area (Å²) in [6, 6.07) is 0.184. The number of carbonyl (C=O) groups excluding carboxylic acids is 1. The quantitative estimate of drug-likeness (QED) is 0.853. The normalized spacial score (nSPS) is 19.9. The lowest BCUT2D eigenvalue weighted by atomic mass is 10.0. The highest BCUT2D eigenvalue weighted by Gasteiger charge is 2.27. The molecule has 1 unspecified atom stereocenters. The Labute approximate surface area is 107 Å². The number of hydrogen-bond donors (Lipinski definition) is 1. The Morgan fingerprint density at radius 1 is 1.59 bits per heavy atom. The van der Waals surface area contributed by atoms with Crippen LogP contribution in [0.25, 0.3) is 0 Å². The molecule has 0 aliphatic carbocycles. The van der Waals surface area contributed by atoms with Crippen LogP contribution >= 0.6 is 12.4 Å². The summed E-state index contributed by atoms with van der Waals surface area (Å²) in [4.78, 5) is 18.1. The zero-order chi connectivity index (χ0) is 11.5. The van der Waals surface area contributed by atoms with Gasteiger partial charge in [-0.05, 0) is 19.3 Å². The monoisotopic (exact) mass is 258 g/mol. The predicted molar refractivity (Wildman–Crippen MR) is 68.2 cm³/mol. The van der Waals surface area contributed by atoms with Crippen LogP contribution in [0.15, 0.2) is 12.5 Å². The highest BCUT2D eigenvalue weighted by Crippen LogP contribution is 2.18. The van der Waals surface area contributed by atoms with E-state index in [0.717, 1.165) is 25.8 Å². The highest BCUT2D eigenvalue weighted by atomic mass is 35.5. The summed E-state index contributed by atoms with van der Waals surface area (Å²) in [5.74, 6) is 0.00995. The summed E-state index contributed by atoms with van der Waals surface area (Å²) in [5, 5.41) is 0. The van der Waals surface area contributed by atoms with Crippen molar-refractivity contribution >= 4 is 18.3 Å². The first-order valence-electron chi connectivity index (χ1n) is 5.71. The molecule has 1 fully saturated rings. The van der Waals surface area contributed by atoms with Crippen molar-refractivity contribution in [1.82, 2.24) is 14.5 Å². The summed E-state index contributed by atoms with van der Waals surface area (Å²) in [6.45, 7) is 1.34. The van der Waals surface area contributed by atoms with Crippen LogP contribution in [-0.2, 0) is 7.05 Å². The number of nitrogens with two attached hydrogens (primary N) is 1. The Morgan fingerprint density at radius 3 is 2.94 bits per heavy atom. The molecule has 1 aromatic rings. The van der Waals surface area contributed by atoms with Gasteiger partial charge in [0.15, 0.2) is 0 Å². The molecule has 1 aliphatic heterocycles. The fraction of sp³-hybridized carbons (Fsp3) is 0.636. The van der Waals surface area contributed by atoms with Crippen LogP contribution in [0.2, 0.25) is 0 Å². The molecule has 96 valence electrons. The Hall–Kier alpha value is -1.07. The molecule has 1 saturated heterocycles. The Kier molecular flexibility index (Phi) is 4.96. The van der Waals surface area contributed by atoms with Crippen molar-refractivity contribution in [2.24, 2.45) is 12.8 Å². The maximum absolute atomic E-state index is 12.2. The number of carbonyl (C=O) groups is 1. The highest BCUT2D eigenvalue weighted by molar-refractivity contribution is 5.92. The van der Waals surface area contributed by atoms with Crippen molar-refractivity contribution < 1.29 is 4.79 Å². The second-order valence-corrected chi connectivity index (χ2v) is 4.31. The second-order valence-electron chi connectivity index (χ2n) is 4.31. The van der Waals surface area contributed by atoms with Gasteiger partial charge in [-0.15, -0.1) is 12.4 Å². The van der Waals surface area contributed by atoms with Gasteiger partial charge in [0.2, 0.25) is 0 Å². The number of likely N-dealkylation sites (tertiary alicyclic amines) is 1. The minimum Gasteiger partial charge on any atom is -0.340 e. The summed E-state index contributed by atoms with van der Waals surface area (Å²) in [6.07, 6.45) is 6.64. The topological polar surface area (TPSA) is 64.2 Å². The van der Waals surface area contributed by atoms with Gasteiger partial charge >= 0.3 is 0 Å². The number of halogens is 1. The summed E-state index contributed by atoms with van der Waals surface area (Å²) >= 11 is 0. The lowest BCUT2D eigenvalue weighted by molar-refractivity contribution is 0.0617. The number of amides is 1. The zero-order valence-corrected chi connectivity index (χ0v) is 10.8. The van der Waals surface area contributed by atoms with E-state index in [-0.39, 0.29) is 24.4 Å². The third-order valence-electron chi connectivity index (χ3n) is 3.08. The van der Waals surface area contributed by atoms with Gasteiger partial charge in [0.1, 0.15) is 5.69 Å². The molecule has 0 radical (unpaired) electrons. The molecule has 6 heteroatoms. The van der Waals surface area contributed by atoms with E-state index in [0.29, 0.717) is 12.2 Å². The number of aromatic nitrogens is 2. The van der Waals surface area contributed by atoms with Gasteiger partial charge in [0.25, 0.3) is 5.91 Å². The van der Waals surface area contributed by atoms with Gasteiger partial charge in [-0.25, -0.2) is 4.98 Å². The van der Waals surface area contributed by atoms with Crippen LogP contribution in [0, 0.1) is 0 Å². The molecular weight excluding hydrogens is 240 g/mol. The average molecular weight is 259 g/mol. The molecule has 0 aromatic carbocycles. The average Bonchev–Trinajstić information content (AvgIpc) is 2.75. The molecule has 0 saturated carbocycles. The summed E-state index contributed by atoms with van der Waals surface area (Å²) < 4.78 is 1.79. The lowest BCUT2D eigenvalue weighted by Gasteiger charge is -2.34. The van der Waals surface area contributed by atoms with Gasteiger partial charge < -0.3 is 15.2 Å². The maximum atomic E-state index is 12.2. The standard InChI is InChI=1S/C11H18N4O.ClH/c1-14-7-10(13-8-14)11(16)15-5-3-2-4-9(15)6-12;/h7-9H,2-6,12H2,1H3;1H. The van der Waals surface area contributed by atoms with Crippen molar-refractivity contribution in [2.45, 2.75) is 25.3 Å². The van der Waals surface area contributed by atoms with Crippen molar-refractivity contribution in [3.05, 3.63) is 18.2 Å². The number of nitrogens with zero attached hydrogens (tertiary/aromatic N) is 3. The van der Waals surface area contributed by atoms with Crippen LogP contribution in [0.1, 0.15) is 29.8 Å². The molecule has 5 nitrogen and oxygen atoms in total. The number of aryl methyl sites for hydroxylation is 1. The van der Waals surface area contributed by atoms with Crippen LogP contribution < -0.4 is 5.73 Å². The predicted octanol–water partition coefficient (Wildman–Crippen LogP) is 0.795. The van der Waals surface area contributed by atoms with Gasteiger partial charge in [0.05, 0.1) is 6.33 Å². The molecule has 2 N–H and O–H groups in total. The second kappa shape index (κ2) is 6.02. The van der Waals surface area contributed by atoms with E-state index < -0.39 is 0 Å². The van der Waals surface area contributed by atoms with Crippen molar-refractivity contribution in [2.75, 3.05) is 13.1 Å². The van der Waals surface area contributed by atoms with E-state index in [1.54, 1.807) is 17.1 Å². The van der Waals surface area contributed by atoms with Crippen LogP contribution in [0.4, 0.5) is 0 Å². The van der Waals surface area contributed by atoms with Gasteiger partial charge in [-0.1, -0.05) is 0 Å². The number of rotatable bonds is 2. The molecule has 1 amide bonds. The number of hydrogen-bond acceptors (Lipinski definition) is 3. The van der Waals surface area contributed by atoms with E-state index in [4.69, 9.17) is 5.73 Å². The summed E-state index contributed by atoms with van der Waals surface area (Å²) in [5.41, 5.74) is 6.21. The largest absolute Gasteiger partial charge is 0.340 e. The first-order chi connectivity index (χ1) is 7.72. The SMILES string of the molecule is Cl.Cn1cnc(C(=O)N2CCCCC2CN)c1. The molecule has 1 aromatic heterocycles. The van der Waals surface area contributed by atoms with E-state index in [1.165, 1.54) is 0 Å². The van der Waals surface area contributed by atoms with E-state index in [2.05, 4.69) is 4.98 Å². The fourth-order valence-corrected chi connectivity index (χ4v) is 2.18. The Bertz CT molecular complexity index is 379. The minimum atomic E-state index is 0. The lowest BCUT2D eigenvalue weighted by Crippen LogP contribution is -2.47. The van der Waals surface area contributed by atoms with E-state index >= 15 is 0 Å². The Morgan fingerprint density at radius 2 is 2.35 bits per heavy atom. The molecule has 2 rings (SSSR count). The van der Waals surface area contributed by atoms with E-state index in [1.807, 2.05) is 11.9 Å². The van der Waals surface area contributed by atoms with Crippen molar-refractivity contribution in [1.29, 1.82) is 0 Å². The van der Waals surface area contributed by atoms with Gasteiger partial charge in [-0.2, -0.15) is 0 Å². The van der Waals surface area contributed by atoms with E-state index in [9.17, 15) is 4.79 Å². The first kappa shape index (κ1) is 14.0. The molecule has 0 spiro atoms. The third-order valence-corrected chi connectivity index (χ3v) is 3.08. The molecule has 17 heavy (non-hydrogen) atoms. The minimum absolute atomic E-state index is 0. The third kappa shape index (κ3) is 2.98. The Balaban J connectivity index is 0.00000144.